The molecule has 6 aromatic rings. The molecule has 29 heavy (non-hydrogen) atoms. The predicted octanol–water partition coefficient (Wildman–Crippen LogP) is 2.25. The van der Waals surface area contributed by atoms with Gasteiger partial charge in [-0.2, -0.15) is 0 Å². The summed E-state index contributed by atoms with van der Waals surface area (Å²) in [5, 5.41) is 7.99. The number of benzene rings is 3. The Labute approximate surface area is 213 Å². The Bertz CT molecular complexity index is 1360. The van der Waals surface area contributed by atoms with E-state index >= 15 is 0 Å². The molecule has 0 atom stereocenters. The van der Waals surface area contributed by atoms with Gasteiger partial charge in [-0.15, -0.1) is 97.3 Å². The molecule has 5 heteroatoms. The fraction of sp³-hybridized carbons (Fsp3) is 0. The third-order valence-electron chi connectivity index (χ3n) is 4.73. The predicted molar refractivity (Wildman–Crippen MR) is 120 cm³/mol. The van der Waals surface area contributed by atoms with Crippen molar-refractivity contribution in [3.63, 3.8) is 0 Å². The van der Waals surface area contributed by atoms with E-state index < -0.39 is 0 Å². The minimum Gasteiger partial charge on any atom is -1.00 e. The van der Waals surface area contributed by atoms with Gasteiger partial charge in [-0.25, -0.2) is 0 Å². The second-order valence-corrected chi connectivity index (χ2v) is 8.37. The molecule has 0 saturated heterocycles. The van der Waals surface area contributed by atoms with Crippen molar-refractivity contribution in [3.8, 4) is 0 Å². The van der Waals surface area contributed by atoms with Crippen LogP contribution in [-0.4, -0.2) is 0 Å². The topological polar surface area (TPSA) is 0 Å². The van der Waals surface area contributed by atoms with E-state index in [1.54, 1.807) is 0 Å². The van der Waals surface area contributed by atoms with Crippen LogP contribution in [0.15, 0.2) is 95.5 Å². The van der Waals surface area contributed by atoms with E-state index in [-0.39, 0.29) is 51.0 Å². The zero-order valence-corrected chi connectivity index (χ0v) is 21.6. The summed E-state index contributed by atoms with van der Waals surface area (Å²) in [7, 11) is 0. The molecule has 0 saturated carbocycles. The van der Waals surface area contributed by atoms with E-state index in [1.165, 1.54) is 46.2 Å². The van der Waals surface area contributed by atoms with Crippen molar-refractivity contribution in [1.29, 1.82) is 0 Å². The summed E-state index contributed by atoms with van der Waals surface area (Å²) < 4.78 is 3.88. The largest absolute Gasteiger partial charge is 4.00 e. The van der Waals surface area contributed by atoms with Crippen molar-refractivity contribution in [2.75, 3.05) is 0 Å². The molecule has 142 valence electrons. The van der Waals surface area contributed by atoms with Crippen molar-refractivity contribution >= 4 is 69.0 Å². The molecule has 4 bridgehead atoms. The second-order valence-electron chi connectivity index (χ2n) is 6.40. The van der Waals surface area contributed by atoms with Gasteiger partial charge in [-0.3, -0.25) is 0 Å². The fourth-order valence-electron chi connectivity index (χ4n) is 3.44. The average Bonchev–Trinajstić information content (AvgIpc) is 3.27. The van der Waals surface area contributed by atoms with Crippen LogP contribution in [0.4, 0.5) is 0 Å². The van der Waals surface area contributed by atoms with Crippen LogP contribution in [0.5, 0.6) is 0 Å². The Morgan fingerprint density at radius 3 is 2.31 bits per heavy atom. The van der Waals surface area contributed by atoms with Crippen molar-refractivity contribution < 1.29 is 51.0 Å². The van der Waals surface area contributed by atoms with Crippen LogP contribution in [-0.2, 0) is 26.2 Å². The first kappa shape index (κ1) is 24.3. The molecule has 6 rings (SSSR count). The Morgan fingerprint density at radius 1 is 0.724 bits per heavy atom. The van der Waals surface area contributed by atoms with Gasteiger partial charge in [0.1, 0.15) is 0 Å². The Balaban J connectivity index is 0.000000204. The van der Waals surface area contributed by atoms with Crippen molar-refractivity contribution in [3.05, 3.63) is 95.5 Å². The van der Waals surface area contributed by atoms with Crippen LogP contribution in [0.1, 0.15) is 0 Å². The molecule has 0 aliphatic heterocycles. The molecular formula is C24H15BrCl2SZr. The molecule has 5 aromatic carbocycles. The standard InChI is InChI=1S/C15H9S.C9H6Br.2ClH.Zr/c1-3-10-8-13(5-1)16-15-6-2-4-11-7-12(10)9-14(11)15;10-9-6-5-7-3-1-2-4-8(7)9;;;/h1-9H;1-6H;2*1H;/q2*-1;;;+4/p-2. The zero-order chi connectivity index (χ0) is 17.5. The van der Waals surface area contributed by atoms with Gasteiger partial charge in [0, 0.05) is 4.70 Å². The summed E-state index contributed by atoms with van der Waals surface area (Å²) in [6, 6.07) is 32.4. The molecular weight excluding hydrogens is 562 g/mol. The maximum atomic E-state index is 3.47. The smallest absolute Gasteiger partial charge is 1.00 e. The van der Waals surface area contributed by atoms with E-state index in [2.05, 4.69) is 101 Å². The monoisotopic (exact) mass is 574 g/mol. The number of rotatable bonds is 0. The van der Waals surface area contributed by atoms with Crippen LogP contribution in [0, 0.1) is 0 Å². The number of halogens is 3. The molecule has 1 heterocycles. The minimum absolute atomic E-state index is 0. The van der Waals surface area contributed by atoms with Gasteiger partial charge in [0.25, 0.3) is 0 Å². The van der Waals surface area contributed by atoms with Crippen LogP contribution >= 0.6 is 27.3 Å². The number of fused-ring (bicyclic) bond motifs is 5. The van der Waals surface area contributed by atoms with Gasteiger partial charge in [0.05, 0.1) is 0 Å². The second kappa shape index (κ2) is 10.4. The molecule has 0 fully saturated rings. The first-order chi connectivity index (χ1) is 12.8. The normalized spacial score (nSPS) is 10.1. The summed E-state index contributed by atoms with van der Waals surface area (Å²) in [4.78, 5) is 0. The molecule has 0 spiro atoms. The van der Waals surface area contributed by atoms with Crippen molar-refractivity contribution in [2.45, 2.75) is 0 Å². The van der Waals surface area contributed by atoms with E-state index in [0.29, 0.717) is 0 Å². The van der Waals surface area contributed by atoms with E-state index in [4.69, 9.17) is 0 Å². The fourth-order valence-corrected chi connectivity index (χ4v) is 4.95. The summed E-state index contributed by atoms with van der Waals surface area (Å²) in [5.41, 5.74) is 0. The van der Waals surface area contributed by atoms with Crippen LogP contribution in [0.3, 0.4) is 0 Å². The van der Waals surface area contributed by atoms with Crippen molar-refractivity contribution in [2.24, 2.45) is 0 Å². The van der Waals surface area contributed by atoms with Gasteiger partial charge >= 0.3 is 26.2 Å². The van der Waals surface area contributed by atoms with E-state index in [9.17, 15) is 0 Å². The summed E-state index contributed by atoms with van der Waals surface area (Å²) in [6.45, 7) is 0. The maximum absolute atomic E-state index is 3.47. The first-order valence-electron chi connectivity index (χ1n) is 8.56. The molecule has 0 unspecified atom stereocenters. The van der Waals surface area contributed by atoms with Gasteiger partial charge in [-0.05, 0) is 10.8 Å². The van der Waals surface area contributed by atoms with Gasteiger partial charge in [0.2, 0.25) is 0 Å². The number of hydrogen-bond acceptors (Lipinski definition) is 1. The summed E-state index contributed by atoms with van der Waals surface area (Å²) >= 11 is 5.32. The summed E-state index contributed by atoms with van der Waals surface area (Å²) in [5.74, 6) is 0. The van der Waals surface area contributed by atoms with E-state index in [0.717, 1.165) is 0 Å². The van der Waals surface area contributed by atoms with Crippen molar-refractivity contribution in [1.82, 2.24) is 0 Å². The third kappa shape index (κ3) is 4.87. The Kier molecular flexibility index (Phi) is 8.70. The van der Waals surface area contributed by atoms with Gasteiger partial charge < -0.3 is 24.8 Å². The van der Waals surface area contributed by atoms with Gasteiger partial charge in [0.15, 0.2) is 0 Å². The van der Waals surface area contributed by atoms with Gasteiger partial charge in [-0.1, -0.05) is 51.6 Å². The molecule has 1 aromatic heterocycles. The zero-order valence-electron chi connectivity index (χ0n) is 15.2. The Hall–Kier alpha value is -0.957. The minimum atomic E-state index is 0. The average molecular weight is 577 g/mol. The molecule has 0 N–H and O–H groups in total. The van der Waals surface area contributed by atoms with Crippen LogP contribution < -0.4 is 24.8 Å². The maximum Gasteiger partial charge on any atom is 4.00 e. The molecule has 0 amide bonds. The molecule has 0 radical (unpaired) electrons. The molecule has 0 nitrogen and oxygen atoms in total. The first-order valence-corrected chi connectivity index (χ1v) is 10.2. The Morgan fingerprint density at radius 2 is 1.48 bits per heavy atom. The van der Waals surface area contributed by atoms with Crippen LogP contribution in [0.25, 0.3) is 41.7 Å². The third-order valence-corrected chi connectivity index (χ3v) is 6.49. The molecule has 0 aliphatic carbocycles. The number of hydrogen-bond donors (Lipinski definition) is 0. The SMILES string of the molecule is Brc1c[cH-]c2ccccc12.[Cl-].[Cl-].[Zr+4].c1cc2cc(c1)c1cc3c(cccc3s2)[cH-]1. The molecule has 0 aliphatic rings. The quantitative estimate of drug-likeness (QED) is 0.243. The van der Waals surface area contributed by atoms with E-state index in [1.807, 2.05) is 17.4 Å². The van der Waals surface area contributed by atoms with Crippen LogP contribution in [0.2, 0.25) is 0 Å². The summed E-state index contributed by atoms with van der Waals surface area (Å²) in [6.07, 6.45) is 0.